The predicted octanol–water partition coefficient (Wildman–Crippen LogP) is 3.02. The molecule has 0 fully saturated rings. The SMILES string of the molecule is Nc1ccc(NC(=O)c2ccc(O)cc2F)c(Cl)c1. The topological polar surface area (TPSA) is 75.3 Å². The van der Waals surface area contributed by atoms with Gasteiger partial charge in [-0.25, -0.2) is 4.39 Å². The van der Waals surface area contributed by atoms with Crippen LogP contribution in [0, 0.1) is 5.82 Å². The number of phenolic OH excluding ortho intramolecular Hbond substituents is 1. The number of hydrogen-bond donors (Lipinski definition) is 3. The summed E-state index contributed by atoms with van der Waals surface area (Å²) in [6, 6.07) is 7.83. The largest absolute Gasteiger partial charge is 0.508 e. The molecule has 0 saturated carbocycles. The van der Waals surface area contributed by atoms with Gasteiger partial charge in [-0.15, -0.1) is 0 Å². The molecule has 0 radical (unpaired) electrons. The van der Waals surface area contributed by atoms with Gasteiger partial charge in [0.15, 0.2) is 0 Å². The normalized spacial score (nSPS) is 10.2. The first-order valence-electron chi connectivity index (χ1n) is 5.32. The highest BCUT2D eigenvalue weighted by Gasteiger charge is 2.13. The number of halogens is 2. The van der Waals surface area contributed by atoms with E-state index in [9.17, 15) is 9.18 Å². The minimum Gasteiger partial charge on any atom is -0.508 e. The number of hydrogen-bond acceptors (Lipinski definition) is 3. The Morgan fingerprint density at radius 2 is 2.00 bits per heavy atom. The van der Waals surface area contributed by atoms with Crippen LogP contribution in [0.15, 0.2) is 36.4 Å². The summed E-state index contributed by atoms with van der Waals surface area (Å²) in [5.41, 5.74) is 6.12. The van der Waals surface area contributed by atoms with Gasteiger partial charge in [0, 0.05) is 11.8 Å². The van der Waals surface area contributed by atoms with E-state index in [1.807, 2.05) is 0 Å². The first-order valence-corrected chi connectivity index (χ1v) is 5.70. The van der Waals surface area contributed by atoms with Gasteiger partial charge >= 0.3 is 0 Å². The third-order valence-corrected chi connectivity index (χ3v) is 2.75. The maximum absolute atomic E-state index is 13.5. The smallest absolute Gasteiger partial charge is 0.258 e. The summed E-state index contributed by atoms with van der Waals surface area (Å²) < 4.78 is 13.5. The lowest BCUT2D eigenvalue weighted by Crippen LogP contribution is -2.14. The van der Waals surface area contributed by atoms with E-state index in [-0.39, 0.29) is 16.3 Å². The number of benzene rings is 2. The first kappa shape index (κ1) is 13.2. The third-order valence-electron chi connectivity index (χ3n) is 2.44. The number of aromatic hydroxyl groups is 1. The minimum absolute atomic E-state index is 0.189. The highest BCUT2D eigenvalue weighted by Crippen LogP contribution is 2.25. The molecule has 0 saturated heterocycles. The number of nitrogens with one attached hydrogen (secondary N) is 1. The van der Waals surface area contributed by atoms with Gasteiger partial charge in [0.1, 0.15) is 11.6 Å². The first-order chi connectivity index (χ1) is 8.97. The summed E-state index contributed by atoms with van der Waals surface area (Å²) >= 11 is 5.90. The Morgan fingerprint density at radius 3 is 2.63 bits per heavy atom. The van der Waals surface area contributed by atoms with Crippen LogP contribution >= 0.6 is 11.6 Å². The van der Waals surface area contributed by atoms with E-state index < -0.39 is 11.7 Å². The van der Waals surface area contributed by atoms with Gasteiger partial charge in [-0.1, -0.05) is 11.6 Å². The van der Waals surface area contributed by atoms with E-state index in [0.29, 0.717) is 11.4 Å². The van der Waals surface area contributed by atoms with Crippen molar-refractivity contribution in [3.8, 4) is 5.75 Å². The Bertz CT molecular complexity index is 647. The lowest BCUT2D eigenvalue weighted by atomic mass is 10.2. The van der Waals surface area contributed by atoms with Gasteiger partial charge in [-0.2, -0.15) is 0 Å². The van der Waals surface area contributed by atoms with Crippen LogP contribution in [0.3, 0.4) is 0 Å². The highest BCUT2D eigenvalue weighted by molar-refractivity contribution is 6.34. The van der Waals surface area contributed by atoms with Gasteiger partial charge in [0.25, 0.3) is 5.91 Å². The molecule has 0 aromatic heterocycles. The molecule has 2 rings (SSSR count). The number of anilines is 2. The van der Waals surface area contributed by atoms with Crippen molar-refractivity contribution in [2.24, 2.45) is 0 Å². The van der Waals surface area contributed by atoms with Crippen molar-refractivity contribution < 1.29 is 14.3 Å². The Morgan fingerprint density at radius 1 is 1.26 bits per heavy atom. The summed E-state index contributed by atoms with van der Waals surface area (Å²) in [6.07, 6.45) is 0. The van der Waals surface area contributed by atoms with Crippen molar-refractivity contribution >= 4 is 28.9 Å². The van der Waals surface area contributed by atoms with E-state index in [4.69, 9.17) is 22.4 Å². The summed E-state index contributed by atoms with van der Waals surface area (Å²) in [7, 11) is 0. The average Bonchev–Trinajstić information content (AvgIpc) is 2.32. The van der Waals surface area contributed by atoms with Gasteiger partial charge in [-0.3, -0.25) is 4.79 Å². The summed E-state index contributed by atoms with van der Waals surface area (Å²) in [5, 5.41) is 11.8. The zero-order chi connectivity index (χ0) is 14.0. The van der Waals surface area contributed by atoms with E-state index in [2.05, 4.69) is 5.32 Å². The fourth-order valence-electron chi connectivity index (χ4n) is 1.51. The second kappa shape index (κ2) is 5.16. The standard InChI is InChI=1S/C13H10ClFN2O2/c14-10-5-7(16)1-4-12(10)17-13(19)9-3-2-8(18)6-11(9)15/h1-6,18H,16H2,(H,17,19). The molecule has 4 nitrogen and oxygen atoms in total. The molecule has 0 bridgehead atoms. The molecule has 19 heavy (non-hydrogen) atoms. The average molecular weight is 281 g/mol. The Kier molecular flexibility index (Phi) is 3.57. The number of nitrogen functional groups attached to an aromatic ring is 1. The number of phenols is 1. The molecular formula is C13H10ClFN2O2. The molecule has 4 N–H and O–H groups in total. The van der Waals surface area contributed by atoms with Crippen LogP contribution in [0.25, 0.3) is 0 Å². The van der Waals surface area contributed by atoms with Crippen molar-refractivity contribution in [2.75, 3.05) is 11.1 Å². The van der Waals surface area contributed by atoms with Crippen molar-refractivity contribution in [1.82, 2.24) is 0 Å². The Balaban J connectivity index is 2.25. The van der Waals surface area contributed by atoms with Crippen molar-refractivity contribution in [3.63, 3.8) is 0 Å². The van der Waals surface area contributed by atoms with E-state index >= 15 is 0 Å². The van der Waals surface area contributed by atoms with Gasteiger partial charge in [-0.05, 0) is 30.3 Å². The fourth-order valence-corrected chi connectivity index (χ4v) is 1.75. The molecule has 0 atom stereocenters. The number of carbonyl (C=O) groups is 1. The number of carbonyl (C=O) groups excluding carboxylic acids is 1. The van der Waals surface area contributed by atoms with Crippen LogP contribution in [0.1, 0.15) is 10.4 Å². The Labute approximate surface area is 113 Å². The van der Waals surface area contributed by atoms with E-state index in [1.165, 1.54) is 24.3 Å². The second-order valence-corrected chi connectivity index (χ2v) is 4.26. The van der Waals surface area contributed by atoms with Gasteiger partial charge in [0.2, 0.25) is 0 Å². The molecule has 0 aliphatic rings. The fraction of sp³-hybridized carbons (Fsp3) is 0. The molecule has 98 valence electrons. The van der Waals surface area contributed by atoms with E-state index in [1.54, 1.807) is 6.07 Å². The molecule has 2 aromatic rings. The van der Waals surface area contributed by atoms with Crippen molar-refractivity contribution in [1.29, 1.82) is 0 Å². The Hall–Kier alpha value is -2.27. The van der Waals surface area contributed by atoms with Crippen LogP contribution < -0.4 is 11.1 Å². The zero-order valence-corrected chi connectivity index (χ0v) is 10.4. The predicted molar refractivity (Wildman–Crippen MR) is 71.9 cm³/mol. The third kappa shape index (κ3) is 2.95. The van der Waals surface area contributed by atoms with Crippen LogP contribution in [0.2, 0.25) is 5.02 Å². The molecule has 2 aromatic carbocycles. The number of rotatable bonds is 2. The van der Waals surface area contributed by atoms with Crippen molar-refractivity contribution in [2.45, 2.75) is 0 Å². The number of nitrogens with two attached hydrogens (primary N) is 1. The van der Waals surface area contributed by atoms with Crippen LogP contribution in [0.4, 0.5) is 15.8 Å². The molecule has 6 heteroatoms. The van der Waals surface area contributed by atoms with Gasteiger partial charge in [0.05, 0.1) is 16.3 Å². The molecule has 0 heterocycles. The molecule has 1 amide bonds. The maximum atomic E-state index is 13.5. The lowest BCUT2D eigenvalue weighted by molar-refractivity contribution is 0.102. The highest BCUT2D eigenvalue weighted by atomic mass is 35.5. The van der Waals surface area contributed by atoms with Crippen molar-refractivity contribution in [3.05, 3.63) is 52.8 Å². The second-order valence-electron chi connectivity index (χ2n) is 3.86. The molecule has 0 unspecified atom stereocenters. The summed E-state index contributed by atoms with van der Waals surface area (Å²) in [5.74, 6) is -1.73. The summed E-state index contributed by atoms with van der Waals surface area (Å²) in [4.78, 5) is 11.9. The quantitative estimate of drug-likeness (QED) is 0.740. The zero-order valence-electron chi connectivity index (χ0n) is 9.65. The molecule has 0 aliphatic carbocycles. The van der Waals surface area contributed by atoms with Crippen LogP contribution in [0.5, 0.6) is 5.75 Å². The number of amides is 1. The maximum Gasteiger partial charge on any atom is 0.258 e. The molecule has 0 spiro atoms. The monoisotopic (exact) mass is 280 g/mol. The van der Waals surface area contributed by atoms with E-state index in [0.717, 1.165) is 6.07 Å². The molecule has 0 aliphatic heterocycles. The van der Waals surface area contributed by atoms with Crippen LogP contribution in [-0.4, -0.2) is 11.0 Å². The molecular weight excluding hydrogens is 271 g/mol. The van der Waals surface area contributed by atoms with Crippen LogP contribution in [-0.2, 0) is 0 Å². The summed E-state index contributed by atoms with van der Waals surface area (Å²) in [6.45, 7) is 0. The lowest BCUT2D eigenvalue weighted by Gasteiger charge is -2.08. The minimum atomic E-state index is -0.816. The van der Waals surface area contributed by atoms with Gasteiger partial charge < -0.3 is 16.2 Å².